The monoisotopic (exact) mass is 433 g/mol. The fraction of sp³-hybridized carbons (Fsp3) is 0.520. The van der Waals surface area contributed by atoms with Crippen molar-refractivity contribution in [2.75, 3.05) is 24.5 Å². The van der Waals surface area contributed by atoms with Gasteiger partial charge in [0.2, 0.25) is 0 Å². The second-order valence-electron chi connectivity index (χ2n) is 9.76. The van der Waals surface area contributed by atoms with Crippen molar-refractivity contribution in [1.29, 1.82) is 5.26 Å². The molecule has 0 spiro atoms. The minimum atomic E-state index is -0.339. The predicted octanol–water partition coefficient (Wildman–Crippen LogP) is 3.75. The highest BCUT2D eigenvalue weighted by molar-refractivity contribution is 5.94. The van der Waals surface area contributed by atoms with E-state index in [1.807, 2.05) is 18.0 Å². The highest BCUT2D eigenvalue weighted by Crippen LogP contribution is 2.42. The smallest absolute Gasteiger partial charge is 0.255 e. The molecule has 4 rings (SSSR count). The highest BCUT2D eigenvalue weighted by Gasteiger charge is 2.38. The van der Waals surface area contributed by atoms with Gasteiger partial charge < -0.3 is 14.5 Å². The first kappa shape index (κ1) is 22.2. The van der Waals surface area contributed by atoms with Crippen LogP contribution in [0.5, 0.6) is 0 Å². The van der Waals surface area contributed by atoms with Crippen molar-refractivity contribution in [3.8, 4) is 6.07 Å². The molecule has 1 fully saturated rings. The van der Waals surface area contributed by atoms with Gasteiger partial charge in [-0.15, -0.1) is 0 Å². The van der Waals surface area contributed by atoms with Crippen molar-refractivity contribution in [2.24, 2.45) is 5.92 Å². The average Bonchev–Trinajstić information content (AvgIpc) is 2.77. The number of hydrogen-bond acceptors (Lipinski definition) is 6. The zero-order valence-corrected chi connectivity index (χ0v) is 19.5. The molecule has 0 saturated carbocycles. The van der Waals surface area contributed by atoms with Gasteiger partial charge in [-0.1, -0.05) is 13.8 Å². The molecule has 2 aromatic heterocycles. The lowest BCUT2D eigenvalue weighted by molar-refractivity contribution is -0.103. The van der Waals surface area contributed by atoms with Gasteiger partial charge in [0.15, 0.2) is 0 Å². The molecule has 1 amide bonds. The minimum absolute atomic E-state index is 0.0102. The van der Waals surface area contributed by atoms with Gasteiger partial charge in [-0.25, -0.2) is 4.98 Å². The lowest BCUT2D eigenvalue weighted by Crippen LogP contribution is -2.54. The summed E-state index contributed by atoms with van der Waals surface area (Å²) in [5.74, 6) is 0.990. The summed E-state index contributed by atoms with van der Waals surface area (Å²) in [6.45, 7) is 12.3. The van der Waals surface area contributed by atoms with Crippen LogP contribution in [0.25, 0.3) is 0 Å². The van der Waals surface area contributed by atoms with E-state index in [1.54, 1.807) is 24.5 Å². The summed E-state index contributed by atoms with van der Waals surface area (Å²) in [5.41, 5.74) is 2.98. The Morgan fingerprint density at radius 2 is 2.09 bits per heavy atom. The Kier molecular flexibility index (Phi) is 5.91. The number of rotatable bonds is 3. The minimum Gasteiger partial charge on any atom is -0.367 e. The van der Waals surface area contributed by atoms with E-state index in [4.69, 9.17) is 9.72 Å². The molecule has 168 valence electrons. The number of piperazine rings is 1. The Morgan fingerprint density at radius 3 is 2.72 bits per heavy atom. The Hall–Kier alpha value is -2.98. The average molecular weight is 434 g/mol. The van der Waals surface area contributed by atoms with E-state index >= 15 is 0 Å². The number of nitrogens with zero attached hydrogens (tertiary/aromatic N) is 5. The summed E-state index contributed by atoms with van der Waals surface area (Å²) in [6, 6.07) is 6.01. The zero-order chi connectivity index (χ0) is 23.0. The number of nitriles is 1. The second kappa shape index (κ2) is 8.51. The lowest BCUT2D eigenvalue weighted by atomic mass is 9.83. The molecule has 2 atom stereocenters. The molecule has 0 bridgehead atoms. The number of carbonyl (C=O) groups excluding carboxylic acids is 1. The third kappa shape index (κ3) is 4.07. The number of pyridine rings is 2. The molecular formula is C25H31N5O2. The van der Waals surface area contributed by atoms with Crippen LogP contribution in [0.4, 0.5) is 5.82 Å². The molecule has 4 heterocycles. The van der Waals surface area contributed by atoms with Crippen LogP contribution < -0.4 is 4.90 Å². The number of aromatic nitrogens is 2. The molecular weight excluding hydrogens is 402 g/mol. The summed E-state index contributed by atoms with van der Waals surface area (Å²) in [6.07, 6.45) is 5.77. The van der Waals surface area contributed by atoms with Crippen LogP contribution in [-0.4, -0.2) is 52.1 Å². The summed E-state index contributed by atoms with van der Waals surface area (Å²) in [4.78, 5) is 25.8. The molecule has 2 aromatic rings. The van der Waals surface area contributed by atoms with E-state index in [-0.39, 0.29) is 29.6 Å². The first-order valence-corrected chi connectivity index (χ1v) is 11.3. The van der Waals surface area contributed by atoms with Gasteiger partial charge in [0.05, 0.1) is 22.8 Å². The molecule has 2 aliphatic rings. The summed E-state index contributed by atoms with van der Waals surface area (Å²) in [5, 5.41) is 10.1. The van der Waals surface area contributed by atoms with Crippen LogP contribution in [-0.2, 0) is 11.2 Å². The molecule has 7 heteroatoms. The SMILES string of the molecule is CC(C)C1OC(C)(C)Cc2c1cnc(N1CCN(C(=O)c3cccnc3)C(C)C1)c2C#N. The van der Waals surface area contributed by atoms with Gasteiger partial charge in [0, 0.05) is 56.3 Å². The molecule has 0 radical (unpaired) electrons. The quantitative estimate of drug-likeness (QED) is 0.733. The Balaban J connectivity index is 1.62. The van der Waals surface area contributed by atoms with Crippen molar-refractivity contribution >= 4 is 11.7 Å². The van der Waals surface area contributed by atoms with Crippen LogP contribution in [0, 0.1) is 17.2 Å². The van der Waals surface area contributed by atoms with E-state index in [2.05, 4.69) is 43.6 Å². The van der Waals surface area contributed by atoms with Gasteiger partial charge in [0.25, 0.3) is 5.91 Å². The second-order valence-corrected chi connectivity index (χ2v) is 9.76. The maximum absolute atomic E-state index is 12.9. The maximum Gasteiger partial charge on any atom is 0.255 e. The van der Waals surface area contributed by atoms with Crippen LogP contribution in [0.1, 0.15) is 67.8 Å². The van der Waals surface area contributed by atoms with Crippen LogP contribution in [0.2, 0.25) is 0 Å². The van der Waals surface area contributed by atoms with Crippen molar-refractivity contribution in [3.05, 3.63) is 53.0 Å². The molecule has 0 N–H and O–H groups in total. The summed E-state index contributed by atoms with van der Waals surface area (Å²) in [7, 11) is 0. The highest BCUT2D eigenvalue weighted by atomic mass is 16.5. The normalized spacial score (nSPS) is 22.4. The largest absolute Gasteiger partial charge is 0.367 e. The van der Waals surface area contributed by atoms with Gasteiger partial charge in [-0.05, 0) is 44.4 Å². The standard InChI is InChI=1S/C25H31N5O2/c1-16(2)22-21-14-28-23(20(12-26)19(21)11-25(4,5)32-22)29-9-10-30(17(3)15-29)24(31)18-7-6-8-27-13-18/h6-8,13-14,16-17,22H,9-11,15H2,1-5H3. The molecule has 0 aliphatic carbocycles. The number of amides is 1. The molecule has 2 unspecified atom stereocenters. The number of carbonyl (C=O) groups is 1. The number of ether oxygens (including phenoxy) is 1. The Morgan fingerprint density at radius 1 is 1.31 bits per heavy atom. The predicted molar refractivity (Wildman–Crippen MR) is 122 cm³/mol. The molecule has 1 saturated heterocycles. The maximum atomic E-state index is 12.9. The zero-order valence-electron chi connectivity index (χ0n) is 19.5. The van der Waals surface area contributed by atoms with E-state index in [0.717, 1.165) is 11.1 Å². The van der Waals surface area contributed by atoms with Crippen molar-refractivity contribution < 1.29 is 9.53 Å². The van der Waals surface area contributed by atoms with Crippen LogP contribution in [0.3, 0.4) is 0 Å². The third-order valence-corrected chi connectivity index (χ3v) is 6.37. The Labute approximate surface area is 190 Å². The number of hydrogen-bond donors (Lipinski definition) is 0. The molecule has 0 aromatic carbocycles. The third-order valence-electron chi connectivity index (χ3n) is 6.37. The van der Waals surface area contributed by atoms with Gasteiger partial charge in [-0.2, -0.15) is 5.26 Å². The lowest BCUT2D eigenvalue weighted by Gasteiger charge is -2.42. The van der Waals surface area contributed by atoms with E-state index in [9.17, 15) is 10.1 Å². The molecule has 2 aliphatic heterocycles. The number of anilines is 1. The van der Waals surface area contributed by atoms with Gasteiger partial charge >= 0.3 is 0 Å². The van der Waals surface area contributed by atoms with E-state index in [0.29, 0.717) is 43.0 Å². The first-order valence-electron chi connectivity index (χ1n) is 11.3. The Bertz CT molecular complexity index is 1040. The molecule has 7 nitrogen and oxygen atoms in total. The van der Waals surface area contributed by atoms with E-state index in [1.165, 1.54) is 0 Å². The first-order chi connectivity index (χ1) is 15.2. The van der Waals surface area contributed by atoms with Gasteiger partial charge in [-0.3, -0.25) is 9.78 Å². The topological polar surface area (TPSA) is 82.3 Å². The van der Waals surface area contributed by atoms with Crippen molar-refractivity contribution in [3.63, 3.8) is 0 Å². The fourth-order valence-electron chi connectivity index (χ4n) is 4.82. The fourth-order valence-corrected chi connectivity index (χ4v) is 4.82. The van der Waals surface area contributed by atoms with Crippen LogP contribution in [0.15, 0.2) is 30.7 Å². The summed E-state index contributed by atoms with van der Waals surface area (Å²) >= 11 is 0. The summed E-state index contributed by atoms with van der Waals surface area (Å²) < 4.78 is 6.33. The van der Waals surface area contributed by atoms with Crippen LogP contribution >= 0.6 is 0 Å². The molecule has 32 heavy (non-hydrogen) atoms. The van der Waals surface area contributed by atoms with Gasteiger partial charge in [0.1, 0.15) is 11.9 Å². The van der Waals surface area contributed by atoms with Crippen molar-refractivity contribution in [1.82, 2.24) is 14.9 Å². The van der Waals surface area contributed by atoms with E-state index < -0.39 is 0 Å². The number of fused-ring (bicyclic) bond motifs is 1. The van der Waals surface area contributed by atoms with Crippen molar-refractivity contribution in [2.45, 2.75) is 58.8 Å².